The Kier molecular flexibility index (Phi) is 4.45. The highest BCUT2D eigenvalue weighted by Crippen LogP contribution is 2.23. The summed E-state index contributed by atoms with van der Waals surface area (Å²) in [6, 6.07) is 11.9. The van der Waals surface area contributed by atoms with Crippen molar-refractivity contribution in [1.29, 1.82) is 0 Å². The highest BCUT2D eigenvalue weighted by Gasteiger charge is 2.02. The number of hydrogen-bond acceptors (Lipinski definition) is 3. The highest BCUT2D eigenvalue weighted by molar-refractivity contribution is 5.89. The minimum absolute atomic E-state index is 0.342. The van der Waals surface area contributed by atoms with Gasteiger partial charge in [0.15, 0.2) is 0 Å². The van der Waals surface area contributed by atoms with Crippen molar-refractivity contribution in [1.82, 2.24) is 4.98 Å². The molecule has 0 unspecified atom stereocenters. The Bertz CT molecular complexity index is 576. The monoisotopic (exact) mass is 253 g/mol. The lowest BCUT2D eigenvalue weighted by Gasteiger charge is -2.05. The number of nitrogens with zero attached hydrogens (tertiary/aromatic N) is 1. The fourth-order valence-electron chi connectivity index (χ4n) is 1.77. The minimum Gasteiger partial charge on any atom is -0.463 e. The van der Waals surface area contributed by atoms with E-state index in [0.29, 0.717) is 6.61 Å². The van der Waals surface area contributed by atoms with Gasteiger partial charge in [0.1, 0.15) is 0 Å². The number of hydrogen-bond donors (Lipinski definition) is 0. The van der Waals surface area contributed by atoms with E-state index in [1.54, 1.807) is 25.4 Å². The summed E-state index contributed by atoms with van der Waals surface area (Å²) in [5, 5.41) is 0. The molecule has 0 radical (unpaired) electrons. The number of carbonyl (C=O) groups excluding carboxylic acids is 1. The Morgan fingerprint density at radius 1 is 1.26 bits per heavy atom. The van der Waals surface area contributed by atoms with Gasteiger partial charge in [-0.15, -0.1) is 0 Å². The van der Waals surface area contributed by atoms with Gasteiger partial charge in [0.05, 0.1) is 6.61 Å². The molecule has 0 bridgehead atoms. The molecule has 0 aliphatic carbocycles. The first-order valence-electron chi connectivity index (χ1n) is 6.15. The van der Waals surface area contributed by atoms with Crippen molar-refractivity contribution in [2.24, 2.45) is 0 Å². The predicted molar refractivity (Wildman–Crippen MR) is 75.3 cm³/mol. The molecule has 96 valence electrons. The van der Waals surface area contributed by atoms with Gasteiger partial charge in [-0.1, -0.05) is 30.3 Å². The zero-order chi connectivity index (χ0) is 13.5. The molecule has 2 aromatic rings. The molecule has 2 rings (SSSR count). The van der Waals surface area contributed by atoms with Gasteiger partial charge >= 0.3 is 5.97 Å². The Hall–Kier alpha value is -2.42. The van der Waals surface area contributed by atoms with Crippen molar-refractivity contribution in [3.8, 4) is 11.1 Å². The van der Waals surface area contributed by atoms with E-state index in [4.69, 9.17) is 4.74 Å². The minimum atomic E-state index is -0.342. The van der Waals surface area contributed by atoms with Gasteiger partial charge in [-0.3, -0.25) is 4.98 Å². The van der Waals surface area contributed by atoms with Crippen LogP contribution in [0.3, 0.4) is 0 Å². The van der Waals surface area contributed by atoms with Crippen molar-refractivity contribution in [3.63, 3.8) is 0 Å². The number of pyridine rings is 1. The van der Waals surface area contributed by atoms with Crippen molar-refractivity contribution in [3.05, 3.63) is 60.4 Å². The molecule has 19 heavy (non-hydrogen) atoms. The Labute approximate surface area is 112 Å². The van der Waals surface area contributed by atoms with Gasteiger partial charge in [-0.25, -0.2) is 4.79 Å². The number of benzene rings is 1. The fraction of sp³-hybridized carbons (Fsp3) is 0.125. The molecule has 3 heteroatoms. The zero-order valence-corrected chi connectivity index (χ0v) is 10.7. The van der Waals surface area contributed by atoms with Crippen molar-refractivity contribution in [2.75, 3.05) is 6.61 Å². The van der Waals surface area contributed by atoms with E-state index >= 15 is 0 Å². The van der Waals surface area contributed by atoms with Gasteiger partial charge in [0, 0.05) is 24.0 Å². The number of aromatic nitrogens is 1. The first-order valence-corrected chi connectivity index (χ1v) is 6.15. The Balaban J connectivity index is 2.30. The molecule has 0 saturated carbocycles. The molecule has 3 nitrogen and oxygen atoms in total. The van der Waals surface area contributed by atoms with E-state index in [1.807, 2.05) is 36.4 Å². The fourth-order valence-corrected chi connectivity index (χ4v) is 1.77. The van der Waals surface area contributed by atoms with Crippen LogP contribution in [0.15, 0.2) is 54.9 Å². The second kappa shape index (κ2) is 6.50. The topological polar surface area (TPSA) is 39.2 Å². The van der Waals surface area contributed by atoms with Gasteiger partial charge in [0.2, 0.25) is 0 Å². The first-order chi connectivity index (χ1) is 9.31. The maximum atomic E-state index is 11.3. The maximum absolute atomic E-state index is 11.3. The second-order valence-electron chi connectivity index (χ2n) is 3.91. The summed E-state index contributed by atoms with van der Waals surface area (Å²) in [4.78, 5) is 15.4. The third kappa shape index (κ3) is 3.52. The van der Waals surface area contributed by atoms with E-state index in [2.05, 4.69) is 4.98 Å². The standard InChI is InChI=1S/C16H15NO2/c1-2-19-16(18)9-8-14-12-17-11-10-15(14)13-6-4-3-5-7-13/h3-12H,2H2,1H3/b9-8+. The molecule has 1 heterocycles. The van der Waals surface area contributed by atoms with Crippen LogP contribution in [-0.2, 0) is 9.53 Å². The summed E-state index contributed by atoms with van der Waals surface area (Å²) in [7, 11) is 0. The van der Waals surface area contributed by atoms with Crippen LogP contribution in [0.4, 0.5) is 0 Å². The molecule has 0 saturated heterocycles. The van der Waals surface area contributed by atoms with E-state index in [0.717, 1.165) is 16.7 Å². The first kappa shape index (κ1) is 13.0. The largest absolute Gasteiger partial charge is 0.463 e. The van der Waals surface area contributed by atoms with Crippen LogP contribution in [0, 0.1) is 0 Å². The van der Waals surface area contributed by atoms with E-state index in [9.17, 15) is 4.79 Å². The molecular weight excluding hydrogens is 238 g/mol. The molecule has 1 aromatic carbocycles. The van der Waals surface area contributed by atoms with E-state index < -0.39 is 0 Å². The summed E-state index contributed by atoms with van der Waals surface area (Å²) in [6.45, 7) is 2.16. The maximum Gasteiger partial charge on any atom is 0.330 e. The van der Waals surface area contributed by atoms with E-state index in [-0.39, 0.29) is 5.97 Å². The molecule has 0 atom stereocenters. The van der Waals surface area contributed by atoms with Crippen LogP contribution in [0.1, 0.15) is 12.5 Å². The van der Waals surface area contributed by atoms with Gasteiger partial charge in [-0.05, 0) is 30.2 Å². The van der Waals surface area contributed by atoms with Crippen LogP contribution >= 0.6 is 0 Å². The summed E-state index contributed by atoms with van der Waals surface area (Å²) in [6.07, 6.45) is 6.63. The Morgan fingerprint density at radius 3 is 2.79 bits per heavy atom. The van der Waals surface area contributed by atoms with Crippen LogP contribution in [0.2, 0.25) is 0 Å². The molecule has 0 amide bonds. The smallest absolute Gasteiger partial charge is 0.330 e. The highest BCUT2D eigenvalue weighted by atomic mass is 16.5. The molecule has 0 spiro atoms. The lowest BCUT2D eigenvalue weighted by atomic mass is 10.0. The van der Waals surface area contributed by atoms with Gasteiger partial charge < -0.3 is 4.74 Å². The summed E-state index contributed by atoms with van der Waals surface area (Å²) >= 11 is 0. The lowest BCUT2D eigenvalue weighted by Crippen LogP contribution is -1.98. The van der Waals surface area contributed by atoms with Crippen molar-refractivity contribution >= 4 is 12.0 Å². The quantitative estimate of drug-likeness (QED) is 0.619. The molecule has 1 aromatic heterocycles. The Morgan fingerprint density at radius 2 is 2.05 bits per heavy atom. The average Bonchev–Trinajstić information content (AvgIpc) is 2.47. The third-order valence-corrected chi connectivity index (χ3v) is 2.62. The number of esters is 1. The summed E-state index contributed by atoms with van der Waals surface area (Å²) in [5.41, 5.74) is 3.02. The zero-order valence-electron chi connectivity index (χ0n) is 10.7. The molecule has 0 N–H and O–H groups in total. The molecule has 0 fully saturated rings. The average molecular weight is 253 g/mol. The van der Waals surface area contributed by atoms with Crippen molar-refractivity contribution < 1.29 is 9.53 Å². The van der Waals surface area contributed by atoms with Crippen LogP contribution in [-0.4, -0.2) is 17.6 Å². The molecule has 0 aliphatic rings. The number of carbonyl (C=O) groups is 1. The normalized spacial score (nSPS) is 10.6. The summed E-state index contributed by atoms with van der Waals surface area (Å²) < 4.78 is 4.86. The number of rotatable bonds is 4. The van der Waals surface area contributed by atoms with Crippen LogP contribution in [0.5, 0.6) is 0 Å². The lowest BCUT2D eigenvalue weighted by molar-refractivity contribution is -0.137. The van der Waals surface area contributed by atoms with Gasteiger partial charge in [0.25, 0.3) is 0 Å². The SMILES string of the molecule is CCOC(=O)/C=C/c1cnccc1-c1ccccc1. The third-order valence-electron chi connectivity index (χ3n) is 2.62. The summed E-state index contributed by atoms with van der Waals surface area (Å²) in [5.74, 6) is -0.342. The van der Waals surface area contributed by atoms with Crippen molar-refractivity contribution in [2.45, 2.75) is 6.92 Å². The van der Waals surface area contributed by atoms with Crippen LogP contribution in [0.25, 0.3) is 17.2 Å². The van der Waals surface area contributed by atoms with E-state index in [1.165, 1.54) is 6.08 Å². The van der Waals surface area contributed by atoms with Crippen LogP contribution < -0.4 is 0 Å². The predicted octanol–water partition coefficient (Wildman–Crippen LogP) is 3.32. The molecular formula is C16H15NO2. The number of ether oxygens (including phenoxy) is 1. The second-order valence-corrected chi connectivity index (χ2v) is 3.91. The van der Waals surface area contributed by atoms with Gasteiger partial charge in [-0.2, -0.15) is 0 Å². The molecule has 0 aliphatic heterocycles.